The van der Waals surface area contributed by atoms with Crippen molar-refractivity contribution in [3.8, 4) is 0 Å². The minimum Gasteiger partial charge on any atom is -0.352 e. The highest BCUT2D eigenvalue weighted by Gasteiger charge is 2.29. The lowest BCUT2D eigenvalue weighted by Gasteiger charge is -2.15. The molecule has 94 valence electrons. The van der Waals surface area contributed by atoms with Crippen molar-refractivity contribution in [1.82, 2.24) is 5.32 Å². The average molecular weight is 273 g/mol. The summed E-state index contributed by atoms with van der Waals surface area (Å²) in [5.41, 5.74) is 6.64. The fourth-order valence-corrected chi connectivity index (χ4v) is 3.01. The van der Waals surface area contributed by atoms with E-state index in [1.165, 1.54) is 4.90 Å². The van der Waals surface area contributed by atoms with Crippen LogP contribution in [-0.4, -0.2) is 24.2 Å². The number of nitrogens with one attached hydrogen (secondary N) is 1. The first-order chi connectivity index (χ1) is 7.72. The van der Waals surface area contributed by atoms with E-state index in [2.05, 4.69) is 11.4 Å². The van der Waals surface area contributed by atoms with Crippen LogP contribution >= 0.6 is 24.2 Å². The molecule has 0 aliphatic carbocycles. The lowest BCUT2D eigenvalue weighted by molar-refractivity contribution is -0.122. The molecule has 0 saturated carbocycles. The van der Waals surface area contributed by atoms with Gasteiger partial charge in [0.15, 0.2) is 0 Å². The number of hydrogen-bond acceptors (Lipinski definition) is 3. The number of rotatable bonds is 3. The topological polar surface area (TPSA) is 55.1 Å². The zero-order chi connectivity index (χ0) is 11.5. The Morgan fingerprint density at radius 3 is 3.00 bits per heavy atom. The van der Waals surface area contributed by atoms with Gasteiger partial charge in [-0.1, -0.05) is 18.2 Å². The quantitative estimate of drug-likeness (QED) is 0.882. The van der Waals surface area contributed by atoms with Crippen molar-refractivity contribution in [2.45, 2.75) is 23.8 Å². The maximum atomic E-state index is 12.0. The molecule has 1 aromatic carbocycles. The number of nitrogens with two attached hydrogens (primary N) is 1. The van der Waals surface area contributed by atoms with Crippen LogP contribution in [0.2, 0.25) is 0 Å². The lowest BCUT2D eigenvalue weighted by atomic mass is 10.0. The summed E-state index contributed by atoms with van der Waals surface area (Å²) in [6.07, 6.45) is 0. The first-order valence-electron chi connectivity index (χ1n) is 5.44. The van der Waals surface area contributed by atoms with Crippen molar-refractivity contribution in [2.75, 3.05) is 12.3 Å². The first kappa shape index (κ1) is 14.4. The molecule has 1 aromatic rings. The Balaban J connectivity index is 0.00000144. The van der Waals surface area contributed by atoms with Crippen LogP contribution in [-0.2, 0) is 4.79 Å². The predicted octanol–water partition coefficient (Wildman–Crippen LogP) is 1.76. The van der Waals surface area contributed by atoms with Crippen LogP contribution in [0.1, 0.15) is 18.4 Å². The molecule has 5 heteroatoms. The van der Waals surface area contributed by atoms with Crippen LogP contribution in [0.5, 0.6) is 0 Å². The van der Waals surface area contributed by atoms with E-state index in [1.807, 2.05) is 25.1 Å². The maximum Gasteiger partial charge on any atom is 0.228 e. The molecule has 1 unspecified atom stereocenters. The Bertz CT molecular complexity index is 400. The number of benzene rings is 1. The molecule has 17 heavy (non-hydrogen) atoms. The average Bonchev–Trinajstić information content (AvgIpc) is 2.72. The zero-order valence-corrected chi connectivity index (χ0v) is 11.3. The molecule has 2 rings (SSSR count). The van der Waals surface area contributed by atoms with Crippen LogP contribution in [0.15, 0.2) is 29.2 Å². The fourth-order valence-electron chi connectivity index (χ4n) is 1.78. The number of halogens is 1. The van der Waals surface area contributed by atoms with E-state index >= 15 is 0 Å². The minimum absolute atomic E-state index is 0. The standard InChI is InChI=1S/C12H16N2OS.ClH/c1-8(6-13)14-12(15)10-7-16-11-5-3-2-4-9(10)11;/h2-5,8,10H,6-7,13H2,1H3,(H,14,15);1H/t8-,10?;/m1./s1. The highest BCUT2D eigenvalue weighted by Crippen LogP contribution is 2.39. The largest absolute Gasteiger partial charge is 0.352 e. The smallest absolute Gasteiger partial charge is 0.228 e. The van der Waals surface area contributed by atoms with E-state index in [9.17, 15) is 4.79 Å². The summed E-state index contributed by atoms with van der Waals surface area (Å²) in [4.78, 5) is 13.2. The molecule has 0 spiro atoms. The molecule has 3 N–H and O–H groups in total. The molecule has 1 aliphatic heterocycles. The van der Waals surface area contributed by atoms with Gasteiger partial charge in [0.2, 0.25) is 5.91 Å². The number of thioether (sulfide) groups is 1. The SMILES string of the molecule is C[C@H](CN)NC(=O)C1CSc2ccccc21.Cl. The Kier molecular flexibility index (Phi) is 5.31. The third-order valence-electron chi connectivity index (χ3n) is 2.76. The second-order valence-electron chi connectivity index (χ2n) is 4.05. The van der Waals surface area contributed by atoms with Gasteiger partial charge >= 0.3 is 0 Å². The predicted molar refractivity (Wildman–Crippen MR) is 73.8 cm³/mol. The summed E-state index contributed by atoms with van der Waals surface area (Å²) in [6, 6.07) is 8.14. The summed E-state index contributed by atoms with van der Waals surface area (Å²) >= 11 is 1.75. The van der Waals surface area contributed by atoms with Gasteiger partial charge in [0.05, 0.1) is 5.92 Å². The summed E-state index contributed by atoms with van der Waals surface area (Å²) in [5.74, 6) is 0.910. The maximum absolute atomic E-state index is 12.0. The molecule has 0 radical (unpaired) electrons. The Morgan fingerprint density at radius 2 is 2.29 bits per heavy atom. The number of carbonyl (C=O) groups is 1. The molecule has 1 amide bonds. The molecular weight excluding hydrogens is 256 g/mol. The molecule has 1 heterocycles. The number of carbonyl (C=O) groups excluding carboxylic acids is 1. The van der Waals surface area contributed by atoms with Crippen LogP contribution in [0, 0.1) is 0 Å². The van der Waals surface area contributed by atoms with Gasteiger partial charge in [-0.15, -0.1) is 24.2 Å². The molecular formula is C12H17ClN2OS. The van der Waals surface area contributed by atoms with E-state index in [0.717, 1.165) is 11.3 Å². The van der Waals surface area contributed by atoms with E-state index in [0.29, 0.717) is 6.54 Å². The van der Waals surface area contributed by atoms with E-state index in [4.69, 9.17) is 5.73 Å². The van der Waals surface area contributed by atoms with Crippen molar-refractivity contribution in [2.24, 2.45) is 5.73 Å². The van der Waals surface area contributed by atoms with Crippen LogP contribution in [0.4, 0.5) is 0 Å². The Morgan fingerprint density at radius 1 is 1.59 bits per heavy atom. The highest BCUT2D eigenvalue weighted by atomic mass is 35.5. The summed E-state index contributed by atoms with van der Waals surface area (Å²) in [5, 5.41) is 2.94. The second-order valence-corrected chi connectivity index (χ2v) is 5.11. The van der Waals surface area contributed by atoms with Crippen molar-refractivity contribution < 1.29 is 4.79 Å². The van der Waals surface area contributed by atoms with Gasteiger partial charge in [0, 0.05) is 23.2 Å². The van der Waals surface area contributed by atoms with Gasteiger partial charge in [-0.25, -0.2) is 0 Å². The molecule has 0 bridgehead atoms. The van der Waals surface area contributed by atoms with E-state index in [-0.39, 0.29) is 30.3 Å². The van der Waals surface area contributed by atoms with Gasteiger partial charge in [0.1, 0.15) is 0 Å². The van der Waals surface area contributed by atoms with Gasteiger partial charge in [-0.2, -0.15) is 0 Å². The molecule has 0 saturated heterocycles. The minimum atomic E-state index is -0.0183. The van der Waals surface area contributed by atoms with E-state index < -0.39 is 0 Å². The third kappa shape index (κ3) is 3.15. The van der Waals surface area contributed by atoms with Crippen LogP contribution in [0.25, 0.3) is 0 Å². The molecule has 3 nitrogen and oxygen atoms in total. The number of amides is 1. The summed E-state index contributed by atoms with van der Waals surface area (Å²) in [6.45, 7) is 2.40. The number of fused-ring (bicyclic) bond motifs is 1. The zero-order valence-electron chi connectivity index (χ0n) is 9.68. The Labute approximate surface area is 112 Å². The molecule has 2 atom stereocenters. The van der Waals surface area contributed by atoms with Crippen molar-refractivity contribution in [1.29, 1.82) is 0 Å². The van der Waals surface area contributed by atoms with E-state index in [1.54, 1.807) is 11.8 Å². The molecule has 1 aliphatic rings. The Hall–Kier alpha value is -0.710. The molecule has 0 fully saturated rings. The van der Waals surface area contributed by atoms with Crippen molar-refractivity contribution >= 4 is 30.1 Å². The van der Waals surface area contributed by atoms with Crippen molar-refractivity contribution in [3.05, 3.63) is 29.8 Å². The third-order valence-corrected chi connectivity index (χ3v) is 3.94. The fraction of sp³-hybridized carbons (Fsp3) is 0.417. The second kappa shape index (κ2) is 6.28. The normalized spacial score (nSPS) is 19.1. The van der Waals surface area contributed by atoms with Crippen molar-refractivity contribution in [3.63, 3.8) is 0 Å². The van der Waals surface area contributed by atoms with Crippen LogP contribution < -0.4 is 11.1 Å². The first-order valence-corrected chi connectivity index (χ1v) is 6.43. The number of hydrogen-bond donors (Lipinski definition) is 2. The summed E-state index contributed by atoms with van der Waals surface area (Å²) < 4.78 is 0. The highest BCUT2D eigenvalue weighted by molar-refractivity contribution is 7.99. The van der Waals surface area contributed by atoms with Gasteiger partial charge in [0.25, 0.3) is 0 Å². The van der Waals surface area contributed by atoms with Gasteiger partial charge < -0.3 is 11.1 Å². The summed E-state index contributed by atoms with van der Waals surface area (Å²) in [7, 11) is 0. The monoisotopic (exact) mass is 272 g/mol. The molecule has 0 aromatic heterocycles. The van der Waals surface area contributed by atoms with Crippen LogP contribution in [0.3, 0.4) is 0 Å². The van der Waals surface area contributed by atoms with Gasteiger partial charge in [-0.05, 0) is 18.6 Å². The lowest BCUT2D eigenvalue weighted by Crippen LogP contribution is -2.40. The van der Waals surface area contributed by atoms with Gasteiger partial charge in [-0.3, -0.25) is 4.79 Å².